The van der Waals surface area contributed by atoms with Crippen molar-refractivity contribution < 1.29 is 0 Å². The topological polar surface area (TPSA) is 64.5 Å². The Bertz CT molecular complexity index is 1230. The van der Waals surface area contributed by atoms with Gasteiger partial charge in [0.05, 0.1) is 11.4 Å². The maximum absolute atomic E-state index is 4.84. The lowest BCUT2D eigenvalue weighted by Gasteiger charge is -2.14. The standard InChI is InChI=1S/C27H27N5/c1-19-8-4-15-24(29-19)25-16-6-12-21(30-25)10-5-11-22-13-7-17-26(31-22)27-28-18-20-9-2-3-14-23(20)32-27/h4,6-8,12-13,15-18H,2-3,5,9-11,14H2,1H3. The van der Waals surface area contributed by atoms with Crippen molar-refractivity contribution in [1.29, 1.82) is 0 Å². The second-order valence-corrected chi connectivity index (χ2v) is 8.42. The van der Waals surface area contributed by atoms with Gasteiger partial charge < -0.3 is 0 Å². The molecule has 0 saturated heterocycles. The van der Waals surface area contributed by atoms with Crippen LogP contribution in [-0.2, 0) is 25.7 Å². The molecule has 160 valence electrons. The summed E-state index contributed by atoms with van der Waals surface area (Å²) in [5, 5.41) is 0. The number of pyridine rings is 3. The summed E-state index contributed by atoms with van der Waals surface area (Å²) in [5.41, 5.74) is 8.36. The minimum absolute atomic E-state index is 0.743. The number of nitrogens with zero attached hydrogens (tertiary/aromatic N) is 5. The summed E-state index contributed by atoms with van der Waals surface area (Å²) in [4.78, 5) is 23.6. The number of rotatable bonds is 6. The summed E-state index contributed by atoms with van der Waals surface area (Å²) < 4.78 is 0. The van der Waals surface area contributed by atoms with E-state index in [0.717, 1.165) is 72.1 Å². The fourth-order valence-electron chi connectivity index (χ4n) is 4.24. The highest BCUT2D eigenvalue weighted by atomic mass is 14.9. The maximum Gasteiger partial charge on any atom is 0.178 e. The molecule has 0 atom stereocenters. The van der Waals surface area contributed by atoms with Gasteiger partial charge in [-0.25, -0.2) is 15.0 Å². The average molecular weight is 422 g/mol. The van der Waals surface area contributed by atoms with E-state index in [1.54, 1.807) is 0 Å². The smallest absolute Gasteiger partial charge is 0.178 e. The first-order chi connectivity index (χ1) is 15.7. The summed E-state index contributed by atoms with van der Waals surface area (Å²) in [6, 6.07) is 18.4. The van der Waals surface area contributed by atoms with Gasteiger partial charge in [0.2, 0.25) is 0 Å². The van der Waals surface area contributed by atoms with Gasteiger partial charge in [0.15, 0.2) is 5.82 Å². The Morgan fingerprint density at radius 2 is 1.34 bits per heavy atom. The van der Waals surface area contributed by atoms with Gasteiger partial charge in [0.25, 0.3) is 0 Å². The Kier molecular flexibility index (Phi) is 5.97. The molecule has 4 heterocycles. The molecule has 0 fully saturated rings. The number of hydrogen-bond acceptors (Lipinski definition) is 5. The highest BCUT2D eigenvalue weighted by Gasteiger charge is 2.13. The van der Waals surface area contributed by atoms with E-state index in [0.29, 0.717) is 0 Å². The van der Waals surface area contributed by atoms with Crippen LogP contribution in [0.15, 0.2) is 60.8 Å². The number of fused-ring (bicyclic) bond motifs is 1. The summed E-state index contributed by atoms with van der Waals surface area (Å²) in [6.45, 7) is 2.00. The molecule has 0 radical (unpaired) electrons. The van der Waals surface area contributed by atoms with Crippen molar-refractivity contribution in [3.63, 3.8) is 0 Å². The van der Waals surface area contributed by atoms with E-state index in [-0.39, 0.29) is 0 Å². The molecule has 5 rings (SSSR count). The third kappa shape index (κ3) is 4.72. The van der Waals surface area contributed by atoms with Crippen molar-refractivity contribution in [2.24, 2.45) is 0 Å². The minimum Gasteiger partial charge on any atom is -0.251 e. The van der Waals surface area contributed by atoms with E-state index in [1.165, 1.54) is 24.1 Å². The van der Waals surface area contributed by atoms with Crippen LogP contribution in [0.1, 0.15) is 47.6 Å². The van der Waals surface area contributed by atoms with Gasteiger partial charge in [-0.2, -0.15) is 0 Å². The van der Waals surface area contributed by atoms with E-state index >= 15 is 0 Å². The molecule has 0 aliphatic heterocycles. The van der Waals surface area contributed by atoms with Crippen LogP contribution in [0, 0.1) is 6.92 Å². The van der Waals surface area contributed by atoms with Crippen molar-refractivity contribution in [1.82, 2.24) is 24.9 Å². The Labute approximate surface area is 189 Å². The highest BCUT2D eigenvalue weighted by Crippen LogP contribution is 2.22. The molecule has 1 aliphatic carbocycles. The molecule has 4 aromatic rings. The molecule has 0 N–H and O–H groups in total. The van der Waals surface area contributed by atoms with Crippen LogP contribution in [0.4, 0.5) is 0 Å². The molecule has 0 amide bonds. The molecule has 32 heavy (non-hydrogen) atoms. The number of aromatic nitrogens is 5. The second kappa shape index (κ2) is 9.35. The fraction of sp³-hybridized carbons (Fsp3) is 0.296. The zero-order valence-electron chi connectivity index (χ0n) is 18.5. The third-order valence-electron chi connectivity index (χ3n) is 5.92. The Balaban J connectivity index is 1.25. The van der Waals surface area contributed by atoms with Crippen LogP contribution in [0.25, 0.3) is 22.9 Å². The predicted molar refractivity (Wildman–Crippen MR) is 126 cm³/mol. The predicted octanol–water partition coefficient (Wildman–Crippen LogP) is 5.36. The van der Waals surface area contributed by atoms with E-state index in [9.17, 15) is 0 Å². The average Bonchev–Trinajstić information content (AvgIpc) is 2.84. The maximum atomic E-state index is 4.84. The molecule has 5 nitrogen and oxygen atoms in total. The molecule has 0 saturated carbocycles. The van der Waals surface area contributed by atoms with Crippen molar-refractivity contribution in [2.75, 3.05) is 0 Å². The lowest BCUT2D eigenvalue weighted by Crippen LogP contribution is -2.08. The Morgan fingerprint density at radius 1 is 0.688 bits per heavy atom. The fourth-order valence-corrected chi connectivity index (χ4v) is 4.24. The van der Waals surface area contributed by atoms with Crippen LogP contribution in [0.3, 0.4) is 0 Å². The Hall–Kier alpha value is -3.47. The summed E-state index contributed by atoms with van der Waals surface area (Å²) >= 11 is 0. The lowest BCUT2D eigenvalue weighted by molar-refractivity contribution is 0.663. The first kappa shape index (κ1) is 20.4. The van der Waals surface area contributed by atoms with Crippen molar-refractivity contribution in [2.45, 2.75) is 51.9 Å². The molecule has 4 aromatic heterocycles. The van der Waals surface area contributed by atoms with E-state index in [1.807, 2.05) is 43.5 Å². The van der Waals surface area contributed by atoms with Gasteiger partial charge in [-0.15, -0.1) is 0 Å². The third-order valence-corrected chi connectivity index (χ3v) is 5.92. The van der Waals surface area contributed by atoms with Crippen LogP contribution in [0.2, 0.25) is 0 Å². The monoisotopic (exact) mass is 421 g/mol. The van der Waals surface area contributed by atoms with Crippen LogP contribution in [-0.4, -0.2) is 24.9 Å². The minimum atomic E-state index is 0.743. The summed E-state index contributed by atoms with van der Waals surface area (Å²) in [6.07, 6.45) is 9.38. The number of hydrogen-bond donors (Lipinski definition) is 0. The zero-order chi connectivity index (χ0) is 21.8. The normalized spacial score (nSPS) is 13.0. The molecule has 0 bridgehead atoms. The summed E-state index contributed by atoms with van der Waals surface area (Å²) in [5.74, 6) is 0.743. The molecular formula is C27H27N5. The zero-order valence-corrected chi connectivity index (χ0v) is 18.5. The van der Waals surface area contributed by atoms with Gasteiger partial charge in [-0.3, -0.25) is 9.97 Å². The Morgan fingerprint density at radius 3 is 2.12 bits per heavy atom. The molecule has 5 heteroatoms. The first-order valence-corrected chi connectivity index (χ1v) is 11.5. The van der Waals surface area contributed by atoms with Gasteiger partial charge in [-0.1, -0.05) is 18.2 Å². The second-order valence-electron chi connectivity index (χ2n) is 8.42. The van der Waals surface area contributed by atoms with E-state index < -0.39 is 0 Å². The molecule has 0 aromatic carbocycles. The SMILES string of the molecule is Cc1cccc(-c2cccc(CCCc3cccc(-c4ncc5c(n4)CCCC5)n3)n2)n1. The van der Waals surface area contributed by atoms with Gasteiger partial charge in [0, 0.05) is 29.0 Å². The lowest BCUT2D eigenvalue weighted by atomic mass is 9.97. The van der Waals surface area contributed by atoms with E-state index in [4.69, 9.17) is 15.0 Å². The first-order valence-electron chi connectivity index (χ1n) is 11.5. The largest absolute Gasteiger partial charge is 0.251 e. The molecule has 1 aliphatic rings. The van der Waals surface area contributed by atoms with Crippen LogP contribution >= 0.6 is 0 Å². The van der Waals surface area contributed by atoms with Crippen molar-refractivity contribution >= 4 is 0 Å². The molecule has 0 spiro atoms. The quantitative estimate of drug-likeness (QED) is 0.419. The van der Waals surface area contributed by atoms with Crippen molar-refractivity contribution in [3.8, 4) is 22.9 Å². The van der Waals surface area contributed by atoms with Crippen LogP contribution < -0.4 is 0 Å². The molecule has 0 unspecified atom stereocenters. The van der Waals surface area contributed by atoms with Gasteiger partial charge in [0.1, 0.15) is 5.69 Å². The van der Waals surface area contributed by atoms with Crippen molar-refractivity contribution in [3.05, 3.63) is 89.1 Å². The molecular weight excluding hydrogens is 394 g/mol. The number of aryl methyl sites for hydroxylation is 5. The summed E-state index contributed by atoms with van der Waals surface area (Å²) in [7, 11) is 0. The van der Waals surface area contributed by atoms with Crippen LogP contribution in [0.5, 0.6) is 0 Å². The van der Waals surface area contributed by atoms with Gasteiger partial charge in [-0.05, 0) is 93.8 Å². The highest BCUT2D eigenvalue weighted by molar-refractivity contribution is 5.54. The van der Waals surface area contributed by atoms with E-state index in [2.05, 4.69) is 34.2 Å². The van der Waals surface area contributed by atoms with Gasteiger partial charge >= 0.3 is 0 Å².